The fraction of sp³-hybridized carbons (Fsp3) is 0.600. The summed E-state index contributed by atoms with van der Waals surface area (Å²) in [6.07, 6.45) is -2.71. The van der Waals surface area contributed by atoms with Gasteiger partial charge in [0.25, 0.3) is 0 Å². The van der Waals surface area contributed by atoms with Crippen LogP contribution in [0.3, 0.4) is 0 Å². The second-order valence-corrected chi connectivity index (χ2v) is 5.65. The molecule has 0 aliphatic carbocycles. The molecule has 21 heavy (non-hydrogen) atoms. The molecule has 1 heterocycles. The van der Waals surface area contributed by atoms with Crippen LogP contribution in [0.4, 0.5) is 18.9 Å². The zero-order valence-corrected chi connectivity index (χ0v) is 12.3. The first kappa shape index (κ1) is 16.1. The maximum atomic E-state index is 13.2. The van der Waals surface area contributed by atoms with Gasteiger partial charge in [-0.05, 0) is 50.7 Å². The second-order valence-electron chi connectivity index (χ2n) is 5.65. The van der Waals surface area contributed by atoms with Gasteiger partial charge in [0.2, 0.25) is 0 Å². The number of piperidine rings is 1. The van der Waals surface area contributed by atoms with E-state index >= 15 is 0 Å². The predicted molar refractivity (Wildman–Crippen MR) is 76.3 cm³/mol. The maximum Gasteiger partial charge on any atom is 0.418 e. The van der Waals surface area contributed by atoms with Crippen LogP contribution in [0, 0.1) is 0 Å². The quantitative estimate of drug-likeness (QED) is 0.930. The van der Waals surface area contributed by atoms with Crippen molar-refractivity contribution in [1.29, 1.82) is 0 Å². The molecule has 0 unspecified atom stereocenters. The molecular weight excluding hydrogens is 281 g/mol. The number of hydrogen-bond acceptors (Lipinski definition) is 3. The van der Waals surface area contributed by atoms with E-state index in [4.69, 9.17) is 5.11 Å². The molecule has 3 nitrogen and oxygen atoms in total. The van der Waals surface area contributed by atoms with E-state index in [0.717, 1.165) is 32.0 Å². The fourth-order valence-corrected chi connectivity index (χ4v) is 2.80. The summed E-state index contributed by atoms with van der Waals surface area (Å²) in [5, 5.41) is 9.05. The Hall–Kier alpha value is -1.27. The number of hydrogen-bond donors (Lipinski definition) is 1. The van der Waals surface area contributed by atoms with E-state index in [1.807, 2.05) is 7.05 Å². The van der Waals surface area contributed by atoms with Gasteiger partial charge in [0.05, 0.1) is 12.2 Å². The number of nitrogens with zero attached hydrogens (tertiary/aromatic N) is 2. The van der Waals surface area contributed by atoms with Gasteiger partial charge in [0.15, 0.2) is 0 Å². The molecular formula is C15H21F3N2O. The molecule has 1 aliphatic rings. The number of halogens is 3. The Bertz CT molecular complexity index is 482. The minimum atomic E-state index is -4.42. The monoisotopic (exact) mass is 302 g/mol. The fourth-order valence-electron chi connectivity index (χ4n) is 2.80. The lowest BCUT2D eigenvalue weighted by atomic mass is 10.0. The van der Waals surface area contributed by atoms with Gasteiger partial charge in [0.1, 0.15) is 0 Å². The first-order valence-electron chi connectivity index (χ1n) is 7.05. The highest BCUT2D eigenvalue weighted by molar-refractivity contribution is 5.56. The van der Waals surface area contributed by atoms with Crippen molar-refractivity contribution in [3.05, 3.63) is 29.3 Å². The van der Waals surface area contributed by atoms with Gasteiger partial charge in [-0.15, -0.1) is 0 Å². The Morgan fingerprint density at radius 2 is 1.90 bits per heavy atom. The van der Waals surface area contributed by atoms with Gasteiger partial charge in [0, 0.05) is 18.8 Å². The number of likely N-dealkylation sites (tertiary alicyclic amines) is 1. The third kappa shape index (κ3) is 3.68. The van der Waals surface area contributed by atoms with Gasteiger partial charge < -0.3 is 14.9 Å². The SMILES string of the molecule is CN1CCC(N(C)c2ccc(CO)cc2C(F)(F)F)CC1. The van der Waals surface area contributed by atoms with Crippen LogP contribution in [0.2, 0.25) is 0 Å². The molecule has 0 saturated carbocycles. The Morgan fingerprint density at radius 3 is 2.43 bits per heavy atom. The standard InChI is InChI=1S/C15H21F3N2O/c1-19-7-5-12(6-8-19)20(2)14-4-3-11(10-21)9-13(14)15(16,17)18/h3-4,9,12,21H,5-8,10H2,1-2H3. The van der Waals surface area contributed by atoms with Crippen LogP contribution < -0.4 is 4.90 Å². The van der Waals surface area contributed by atoms with Crippen molar-refractivity contribution >= 4 is 5.69 Å². The third-order valence-corrected chi connectivity index (χ3v) is 4.16. The molecule has 0 aromatic heterocycles. The normalized spacial score (nSPS) is 18.0. The molecule has 2 rings (SSSR count). The molecule has 6 heteroatoms. The molecule has 0 amide bonds. The summed E-state index contributed by atoms with van der Waals surface area (Å²) in [5.74, 6) is 0. The minimum Gasteiger partial charge on any atom is -0.392 e. The van der Waals surface area contributed by atoms with E-state index in [-0.39, 0.29) is 23.9 Å². The lowest BCUT2D eigenvalue weighted by Crippen LogP contribution is -2.42. The van der Waals surface area contributed by atoms with Crippen LogP contribution in [0.25, 0.3) is 0 Å². The molecule has 1 saturated heterocycles. The van der Waals surface area contributed by atoms with Gasteiger partial charge in [-0.25, -0.2) is 0 Å². The van der Waals surface area contributed by atoms with E-state index in [9.17, 15) is 13.2 Å². The first-order valence-corrected chi connectivity index (χ1v) is 7.05. The molecule has 1 fully saturated rings. The van der Waals surface area contributed by atoms with E-state index in [2.05, 4.69) is 4.90 Å². The van der Waals surface area contributed by atoms with Crippen molar-refractivity contribution in [2.24, 2.45) is 0 Å². The highest BCUT2D eigenvalue weighted by Crippen LogP contribution is 2.38. The Balaban J connectivity index is 2.29. The van der Waals surface area contributed by atoms with Crippen molar-refractivity contribution in [3.63, 3.8) is 0 Å². The summed E-state index contributed by atoms with van der Waals surface area (Å²) in [4.78, 5) is 3.92. The summed E-state index contributed by atoms with van der Waals surface area (Å²) >= 11 is 0. The summed E-state index contributed by atoms with van der Waals surface area (Å²) in [5.41, 5.74) is -0.201. The van der Waals surface area contributed by atoms with Crippen LogP contribution in [-0.2, 0) is 12.8 Å². The van der Waals surface area contributed by atoms with Crippen molar-refractivity contribution in [1.82, 2.24) is 4.90 Å². The van der Waals surface area contributed by atoms with Crippen LogP contribution in [0.5, 0.6) is 0 Å². The molecule has 0 bridgehead atoms. The average Bonchev–Trinajstić information content (AvgIpc) is 2.46. The van der Waals surface area contributed by atoms with E-state index in [1.165, 1.54) is 6.07 Å². The number of rotatable bonds is 3. The van der Waals surface area contributed by atoms with Crippen molar-refractivity contribution in [2.45, 2.75) is 31.7 Å². The molecule has 1 aliphatic heterocycles. The Morgan fingerprint density at radius 1 is 1.29 bits per heavy atom. The largest absolute Gasteiger partial charge is 0.418 e. The summed E-state index contributed by atoms with van der Waals surface area (Å²) in [6.45, 7) is 1.40. The molecule has 1 aromatic carbocycles. The van der Waals surface area contributed by atoms with Crippen LogP contribution in [0.15, 0.2) is 18.2 Å². The van der Waals surface area contributed by atoms with Gasteiger partial charge in [-0.1, -0.05) is 6.07 Å². The third-order valence-electron chi connectivity index (χ3n) is 4.16. The lowest BCUT2D eigenvalue weighted by Gasteiger charge is -2.37. The molecule has 0 spiro atoms. The number of anilines is 1. The van der Waals surface area contributed by atoms with Crippen LogP contribution in [-0.4, -0.2) is 43.2 Å². The Labute approximate surface area is 123 Å². The van der Waals surface area contributed by atoms with Crippen molar-refractivity contribution in [2.75, 3.05) is 32.1 Å². The Kier molecular flexibility index (Phi) is 4.78. The topological polar surface area (TPSA) is 26.7 Å². The number of aliphatic hydroxyl groups is 1. The highest BCUT2D eigenvalue weighted by atomic mass is 19.4. The summed E-state index contributed by atoms with van der Waals surface area (Å²) in [6, 6.07) is 4.17. The minimum absolute atomic E-state index is 0.113. The molecule has 1 N–H and O–H groups in total. The molecule has 1 aromatic rings. The van der Waals surface area contributed by atoms with E-state index in [1.54, 1.807) is 18.0 Å². The first-order chi connectivity index (χ1) is 9.82. The maximum absolute atomic E-state index is 13.2. The van der Waals surface area contributed by atoms with E-state index < -0.39 is 11.7 Å². The lowest BCUT2D eigenvalue weighted by molar-refractivity contribution is -0.137. The van der Waals surface area contributed by atoms with E-state index in [0.29, 0.717) is 0 Å². The molecule has 0 atom stereocenters. The van der Waals surface area contributed by atoms with Gasteiger partial charge in [-0.2, -0.15) is 13.2 Å². The zero-order valence-electron chi connectivity index (χ0n) is 12.3. The van der Waals surface area contributed by atoms with Crippen molar-refractivity contribution in [3.8, 4) is 0 Å². The van der Waals surface area contributed by atoms with Gasteiger partial charge >= 0.3 is 6.18 Å². The zero-order chi connectivity index (χ0) is 15.6. The number of alkyl halides is 3. The van der Waals surface area contributed by atoms with Gasteiger partial charge in [-0.3, -0.25) is 0 Å². The highest BCUT2D eigenvalue weighted by Gasteiger charge is 2.36. The summed E-state index contributed by atoms with van der Waals surface area (Å²) in [7, 11) is 3.74. The molecule has 118 valence electrons. The summed E-state index contributed by atoms with van der Waals surface area (Å²) < 4.78 is 39.7. The smallest absolute Gasteiger partial charge is 0.392 e. The van der Waals surface area contributed by atoms with Crippen LogP contribution in [0.1, 0.15) is 24.0 Å². The second kappa shape index (κ2) is 6.23. The molecule has 0 radical (unpaired) electrons. The van der Waals surface area contributed by atoms with Crippen molar-refractivity contribution < 1.29 is 18.3 Å². The number of aliphatic hydroxyl groups excluding tert-OH is 1. The van der Waals surface area contributed by atoms with Crippen LogP contribution >= 0.6 is 0 Å². The average molecular weight is 302 g/mol. The number of benzene rings is 1. The predicted octanol–water partition coefficient (Wildman–Crippen LogP) is 2.73.